The summed E-state index contributed by atoms with van der Waals surface area (Å²) in [5, 5.41) is 3.14. The van der Waals surface area contributed by atoms with E-state index in [1.807, 2.05) is 37.3 Å². The lowest BCUT2D eigenvalue weighted by Gasteiger charge is -2.38. The van der Waals surface area contributed by atoms with Crippen molar-refractivity contribution in [3.8, 4) is 0 Å². The van der Waals surface area contributed by atoms with E-state index in [2.05, 4.69) is 35.0 Å². The minimum Gasteiger partial charge on any atom is -0.369 e. The van der Waals surface area contributed by atoms with Gasteiger partial charge in [0, 0.05) is 37.6 Å². The molecule has 0 bridgehead atoms. The molecule has 28 heavy (non-hydrogen) atoms. The number of carbonyl (C=O) groups excluding carboxylic acids is 1. The first-order valence-electron chi connectivity index (χ1n) is 10.1. The summed E-state index contributed by atoms with van der Waals surface area (Å²) in [6.07, 6.45) is 1.04. The standard InChI is InChI=1S/C23H30FN3O/c1-4-17(2)21-7-5-6-8-22(21)25-23(28)18(3)26-13-15-27(16-14-26)20-11-9-19(24)10-12-20/h5-12,17-18H,4,13-16H2,1-3H3,(H,25,28)/t17-,18-/m0/s1. The van der Waals surface area contributed by atoms with Crippen LogP contribution in [0.15, 0.2) is 48.5 Å². The van der Waals surface area contributed by atoms with E-state index in [0.717, 1.165) is 44.0 Å². The first kappa shape index (κ1) is 20.3. The molecule has 1 aliphatic rings. The number of carbonyl (C=O) groups is 1. The summed E-state index contributed by atoms with van der Waals surface area (Å²) in [5.74, 6) is 0.224. The highest BCUT2D eigenvalue weighted by atomic mass is 19.1. The Labute approximate surface area is 167 Å². The van der Waals surface area contributed by atoms with E-state index in [-0.39, 0.29) is 17.8 Å². The Bertz CT molecular complexity index is 785. The fraction of sp³-hybridized carbons (Fsp3) is 0.435. The topological polar surface area (TPSA) is 35.6 Å². The second-order valence-electron chi connectivity index (χ2n) is 7.56. The van der Waals surface area contributed by atoms with Crippen LogP contribution in [0.3, 0.4) is 0 Å². The van der Waals surface area contributed by atoms with Gasteiger partial charge in [0.05, 0.1) is 6.04 Å². The number of amides is 1. The second-order valence-corrected chi connectivity index (χ2v) is 7.56. The molecule has 2 aromatic carbocycles. The first-order chi connectivity index (χ1) is 13.5. The molecule has 1 N–H and O–H groups in total. The van der Waals surface area contributed by atoms with Crippen LogP contribution in [0.4, 0.5) is 15.8 Å². The van der Waals surface area contributed by atoms with Gasteiger partial charge in [-0.15, -0.1) is 0 Å². The number of hydrogen-bond donors (Lipinski definition) is 1. The zero-order valence-corrected chi connectivity index (χ0v) is 17.0. The Hall–Kier alpha value is -2.40. The van der Waals surface area contributed by atoms with Crippen molar-refractivity contribution in [2.24, 2.45) is 0 Å². The van der Waals surface area contributed by atoms with Crippen LogP contribution in [-0.4, -0.2) is 43.0 Å². The molecule has 1 heterocycles. The molecule has 0 aliphatic carbocycles. The summed E-state index contributed by atoms with van der Waals surface area (Å²) in [4.78, 5) is 17.3. The molecule has 5 heteroatoms. The molecule has 4 nitrogen and oxygen atoms in total. The molecule has 0 spiro atoms. The maximum Gasteiger partial charge on any atom is 0.241 e. The van der Waals surface area contributed by atoms with Crippen LogP contribution in [0.2, 0.25) is 0 Å². The minimum atomic E-state index is -0.217. The van der Waals surface area contributed by atoms with Gasteiger partial charge in [0.15, 0.2) is 0 Å². The highest BCUT2D eigenvalue weighted by molar-refractivity contribution is 5.95. The van der Waals surface area contributed by atoms with E-state index in [9.17, 15) is 9.18 Å². The predicted octanol–water partition coefficient (Wildman–Crippen LogP) is 4.49. The highest BCUT2D eigenvalue weighted by Gasteiger charge is 2.26. The molecule has 1 amide bonds. The van der Waals surface area contributed by atoms with Crippen molar-refractivity contribution in [2.75, 3.05) is 36.4 Å². The predicted molar refractivity (Wildman–Crippen MR) is 113 cm³/mol. The van der Waals surface area contributed by atoms with E-state index in [4.69, 9.17) is 0 Å². The number of rotatable bonds is 6. The Morgan fingerprint density at radius 2 is 1.68 bits per heavy atom. The molecular formula is C23H30FN3O. The summed E-state index contributed by atoms with van der Waals surface area (Å²) in [6, 6.07) is 14.5. The SMILES string of the molecule is CC[C@H](C)c1ccccc1NC(=O)[C@H](C)N1CCN(c2ccc(F)cc2)CC1. The Morgan fingerprint density at radius 1 is 1.04 bits per heavy atom. The largest absolute Gasteiger partial charge is 0.369 e. The summed E-state index contributed by atoms with van der Waals surface area (Å²) >= 11 is 0. The lowest BCUT2D eigenvalue weighted by molar-refractivity contribution is -0.120. The molecular weight excluding hydrogens is 353 g/mol. The van der Waals surface area contributed by atoms with Gasteiger partial charge in [0.2, 0.25) is 5.91 Å². The lowest BCUT2D eigenvalue weighted by atomic mass is 9.97. The molecule has 150 valence electrons. The van der Waals surface area contributed by atoms with E-state index >= 15 is 0 Å². The third kappa shape index (κ3) is 4.71. The number of piperazine rings is 1. The van der Waals surface area contributed by atoms with Crippen LogP contribution < -0.4 is 10.2 Å². The third-order valence-corrected chi connectivity index (χ3v) is 5.80. The molecule has 1 aliphatic heterocycles. The lowest BCUT2D eigenvalue weighted by Crippen LogP contribution is -2.52. The summed E-state index contributed by atoms with van der Waals surface area (Å²) in [6.45, 7) is 9.57. The number of nitrogens with zero attached hydrogens (tertiary/aromatic N) is 2. The van der Waals surface area contributed by atoms with Gasteiger partial charge in [-0.2, -0.15) is 0 Å². The number of benzene rings is 2. The fourth-order valence-corrected chi connectivity index (χ4v) is 3.68. The number of nitrogens with one attached hydrogen (secondary N) is 1. The highest BCUT2D eigenvalue weighted by Crippen LogP contribution is 2.27. The molecule has 0 saturated carbocycles. The van der Waals surface area contributed by atoms with E-state index in [1.165, 1.54) is 17.7 Å². The van der Waals surface area contributed by atoms with Crippen molar-refractivity contribution in [1.82, 2.24) is 4.90 Å². The number of anilines is 2. The Morgan fingerprint density at radius 3 is 2.32 bits per heavy atom. The molecule has 2 aromatic rings. The number of halogens is 1. The average molecular weight is 384 g/mol. The van der Waals surface area contributed by atoms with Gasteiger partial charge >= 0.3 is 0 Å². The van der Waals surface area contributed by atoms with Gasteiger partial charge in [0.25, 0.3) is 0 Å². The van der Waals surface area contributed by atoms with Crippen molar-refractivity contribution >= 4 is 17.3 Å². The Kier molecular flexibility index (Phi) is 6.68. The van der Waals surface area contributed by atoms with Crippen LogP contribution in [0.5, 0.6) is 0 Å². The molecule has 0 aromatic heterocycles. The fourth-order valence-electron chi connectivity index (χ4n) is 3.68. The maximum atomic E-state index is 13.1. The van der Waals surface area contributed by atoms with E-state index in [0.29, 0.717) is 5.92 Å². The van der Waals surface area contributed by atoms with Crippen LogP contribution in [0, 0.1) is 5.82 Å². The molecule has 3 rings (SSSR count). The normalized spacial score (nSPS) is 17.2. The molecule has 2 atom stereocenters. The second kappa shape index (κ2) is 9.20. The average Bonchev–Trinajstić information content (AvgIpc) is 2.73. The molecule has 1 fully saturated rings. The van der Waals surface area contributed by atoms with Crippen LogP contribution in [0.1, 0.15) is 38.7 Å². The van der Waals surface area contributed by atoms with E-state index in [1.54, 1.807) is 0 Å². The van der Waals surface area contributed by atoms with E-state index < -0.39 is 0 Å². The van der Waals surface area contributed by atoms with Crippen molar-refractivity contribution in [1.29, 1.82) is 0 Å². The van der Waals surface area contributed by atoms with Crippen molar-refractivity contribution < 1.29 is 9.18 Å². The molecule has 0 unspecified atom stereocenters. The van der Waals surface area contributed by atoms with Crippen LogP contribution in [0.25, 0.3) is 0 Å². The number of para-hydroxylation sites is 1. The van der Waals surface area contributed by atoms with Gasteiger partial charge in [-0.3, -0.25) is 9.69 Å². The van der Waals surface area contributed by atoms with Gasteiger partial charge in [-0.1, -0.05) is 32.0 Å². The quantitative estimate of drug-likeness (QED) is 0.798. The van der Waals surface area contributed by atoms with Crippen LogP contribution >= 0.6 is 0 Å². The smallest absolute Gasteiger partial charge is 0.241 e. The monoisotopic (exact) mass is 383 g/mol. The first-order valence-corrected chi connectivity index (χ1v) is 10.1. The summed E-state index contributed by atoms with van der Waals surface area (Å²) in [7, 11) is 0. The van der Waals surface area contributed by atoms with Crippen molar-refractivity contribution in [2.45, 2.75) is 39.2 Å². The minimum absolute atomic E-state index is 0.0333. The molecule has 1 saturated heterocycles. The van der Waals surface area contributed by atoms with Crippen molar-refractivity contribution in [3.05, 3.63) is 59.9 Å². The zero-order chi connectivity index (χ0) is 20.1. The summed E-state index contributed by atoms with van der Waals surface area (Å²) in [5.41, 5.74) is 3.13. The van der Waals surface area contributed by atoms with Gasteiger partial charge in [-0.25, -0.2) is 4.39 Å². The summed E-state index contributed by atoms with van der Waals surface area (Å²) < 4.78 is 13.1. The van der Waals surface area contributed by atoms with Gasteiger partial charge in [-0.05, 0) is 55.2 Å². The Balaban J connectivity index is 1.58. The number of hydrogen-bond acceptors (Lipinski definition) is 3. The maximum absolute atomic E-state index is 13.1. The van der Waals surface area contributed by atoms with Gasteiger partial charge < -0.3 is 10.2 Å². The van der Waals surface area contributed by atoms with Crippen molar-refractivity contribution in [3.63, 3.8) is 0 Å². The third-order valence-electron chi connectivity index (χ3n) is 5.80. The molecule has 0 radical (unpaired) electrons. The van der Waals surface area contributed by atoms with Gasteiger partial charge in [0.1, 0.15) is 5.82 Å². The zero-order valence-electron chi connectivity index (χ0n) is 17.0. The van der Waals surface area contributed by atoms with Crippen LogP contribution in [-0.2, 0) is 4.79 Å².